The predicted octanol–water partition coefficient (Wildman–Crippen LogP) is 1.87. The molecule has 2 N–H and O–H groups in total. The fourth-order valence-corrected chi connectivity index (χ4v) is 2.39. The first-order valence-corrected chi connectivity index (χ1v) is 6.89. The molecule has 2 atom stereocenters. The summed E-state index contributed by atoms with van der Waals surface area (Å²) in [6.45, 7) is 3.34. The van der Waals surface area contributed by atoms with E-state index in [1.165, 1.54) is 0 Å². The lowest BCUT2D eigenvalue weighted by molar-refractivity contribution is -0.125. The summed E-state index contributed by atoms with van der Waals surface area (Å²) < 4.78 is 5.70. The normalized spacial score (nSPS) is 19.8. The minimum Gasteiger partial charge on any atom is -0.493 e. The second-order valence-corrected chi connectivity index (χ2v) is 5.05. The highest BCUT2D eigenvalue weighted by molar-refractivity contribution is 5.79. The average Bonchev–Trinajstić information content (AvgIpc) is 2.62. The lowest BCUT2D eigenvalue weighted by atomic mass is 10.0. The van der Waals surface area contributed by atoms with Gasteiger partial charge in [-0.25, -0.2) is 0 Å². The molecule has 1 aromatic carbocycles. The molecule has 104 valence electrons. The standard InChI is InChI=1S/C15H22N2O2/c1-11(10-16-2)15(18)17-13-7-5-9-19-14-8-4-3-6-12(13)14/h3-4,6,8,11,13,16H,5,7,9-10H2,1-2H3,(H,17,18). The Kier molecular flexibility index (Phi) is 4.80. The lowest BCUT2D eigenvalue weighted by Crippen LogP contribution is -2.36. The van der Waals surface area contributed by atoms with Crippen LogP contribution in [0.4, 0.5) is 0 Å². The van der Waals surface area contributed by atoms with Gasteiger partial charge in [-0.05, 0) is 26.0 Å². The van der Waals surface area contributed by atoms with E-state index in [1.54, 1.807) is 0 Å². The summed E-state index contributed by atoms with van der Waals surface area (Å²) >= 11 is 0. The summed E-state index contributed by atoms with van der Waals surface area (Å²) in [7, 11) is 1.86. The van der Waals surface area contributed by atoms with Gasteiger partial charge in [-0.3, -0.25) is 4.79 Å². The Hall–Kier alpha value is -1.55. The van der Waals surface area contributed by atoms with Gasteiger partial charge in [-0.15, -0.1) is 0 Å². The van der Waals surface area contributed by atoms with E-state index in [0.29, 0.717) is 6.54 Å². The molecule has 0 saturated carbocycles. The Labute approximate surface area is 114 Å². The van der Waals surface area contributed by atoms with Gasteiger partial charge in [-0.2, -0.15) is 0 Å². The molecule has 4 nitrogen and oxygen atoms in total. The molecule has 2 unspecified atom stereocenters. The van der Waals surface area contributed by atoms with E-state index < -0.39 is 0 Å². The average molecular weight is 262 g/mol. The van der Waals surface area contributed by atoms with Crippen molar-refractivity contribution >= 4 is 5.91 Å². The zero-order chi connectivity index (χ0) is 13.7. The molecule has 0 spiro atoms. The Morgan fingerprint density at radius 2 is 2.26 bits per heavy atom. The fraction of sp³-hybridized carbons (Fsp3) is 0.533. The van der Waals surface area contributed by atoms with Crippen molar-refractivity contribution in [1.29, 1.82) is 0 Å². The molecule has 0 bridgehead atoms. The van der Waals surface area contributed by atoms with Crippen molar-refractivity contribution in [2.75, 3.05) is 20.2 Å². The van der Waals surface area contributed by atoms with E-state index >= 15 is 0 Å². The maximum atomic E-state index is 12.1. The number of nitrogens with one attached hydrogen (secondary N) is 2. The Morgan fingerprint density at radius 3 is 3.05 bits per heavy atom. The maximum Gasteiger partial charge on any atom is 0.224 e. The van der Waals surface area contributed by atoms with Gasteiger partial charge >= 0.3 is 0 Å². The van der Waals surface area contributed by atoms with Crippen LogP contribution in [0.25, 0.3) is 0 Å². The number of ether oxygens (including phenoxy) is 1. The van der Waals surface area contributed by atoms with Gasteiger partial charge in [-0.1, -0.05) is 25.1 Å². The molecule has 1 aromatic rings. The van der Waals surface area contributed by atoms with Crippen LogP contribution in [-0.4, -0.2) is 26.1 Å². The van der Waals surface area contributed by atoms with Crippen LogP contribution in [0, 0.1) is 5.92 Å². The largest absolute Gasteiger partial charge is 0.493 e. The topological polar surface area (TPSA) is 50.4 Å². The second-order valence-electron chi connectivity index (χ2n) is 5.05. The molecule has 2 rings (SSSR count). The molecule has 0 saturated heterocycles. The summed E-state index contributed by atoms with van der Waals surface area (Å²) in [5.74, 6) is 0.962. The van der Waals surface area contributed by atoms with E-state index in [2.05, 4.69) is 10.6 Å². The van der Waals surface area contributed by atoms with Crippen molar-refractivity contribution < 1.29 is 9.53 Å². The molecular formula is C15H22N2O2. The van der Waals surface area contributed by atoms with E-state index in [0.717, 1.165) is 30.8 Å². The number of benzene rings is 1. The molecule has 4 heteroatoms. The zero-order valence-corrected chi connectivity index (χ0v) is 11.6. The first kappa shape index (κ1) is 13.9. The van der Waals surface area contributed by atoms with Crippen molar-refractivity contribution in [3.63, 3.8) is 0 Å². The lowest BCUT2D eigenvalue weighted by Gasteiger charge is -2.20. The quantitative estimate of drug-likeness (QED) is 0.871. The van der Waals surface area contributed by atoms with Crippen LogP contribution in [0.15, 0.2) is 24.3 Å². The number of carbonyl (C=O) groups excluding carboxylic acids is 1. The summed E-state index contributed by atoms with van der Waals surface area (Å²) in [6, 6.07) is 8.02. The van der Waals surface area contributed by atoms with E-state index in [1.807, 2.05) is 38.2 Å². The smallest absolute Gasteiger partial charge is 0.224 e. The minimum absolute atomic E-state index is 0.0265. The minimum atomic E-state index is -0.0265. The van der Waals surface area contributed by atoms with Crippen molar-refractivity contribution in [2.24, 2.45) is 5.92 Å². The number of para-hydroxylation sites is 1. The Balaban J connectivity index is 2.09. The number of hydrogen-bond acceptors (Lipinski definition) is 3. The van der Waals surface area contributed by atoms with Gasteiger partial charge in [0.2, 0.25) is 5.91 Å². The SMILES string of the molecule is CNCC(C)C(=O)NC1CCCOc2ccccc21. The van der Waals surface area contributed by atoms with Crippen molar-refractivity contribution in [2.45, 2.75) is 25.8 Å². The third kappa shape index (κ3) is 3.47. The first-order valence-electron chi connectivity index (χ1n) is 6.89. The molecule has 0 aliphatic carbocycles. The van der Waals surface area contributed by atoms with Crippen molar-refractivity contribution in [1.82, 2.24) is 10.6 Å². The van der Waals surface area contributed by atoms with Gasteiger partial charge in [0, 0.05) is 18.0 Å². The van der Waals surface area contributed by atoms with Gasteiger partial charge in [0.15, 0.2) is 0 Å². The van der Waals surface area contributed by atoms with Crippen LogP contribution in [0.2, 0.25) is 0 Å². The van der Waals surface area contributed by atoms with E-state index in [-0.39, 0.29) is 17.9 Å². The number of carbonyl (C=O) groups is 1. The molecular weight excluding hydrogens is 240 g/mol. The number of rotatable bonds is 4. The molecule has 1 aliphatic heterocycles. The number of amides is 1. The third-order valence-electron chi connectivity index (χ3n) is 3.46. The maximum absolute atomic E-state index is 12.1. The summed E-state index contributed by atoms with van der Waals surface area (Å²) in [6.07, 6.45) is 1.88. The van der Waals surface area contributed by atoms with Crippen LogP contribution < -0.4 is 15.4 Å². The zero-order valence-electron chi connectivity index (χ0n) is 11.6. The first-order chi connectivity index (χ1) is 9.22. The van der Waals surface area contributed by atoms with Crippen molar-refractivity contribution in [3.8, 4) is 5.75 Å². The molecule has 19 heavy (non-hydrogen) atoms. The van der Waals surface area contributed by atoms with Gasteiger partial charge in [0.05, 0.1) is 12.6 Å². The van der Waals surface area contributed by atoms with Crippen LogP contribution in [0.1, 0.15) is 31.4 Å². The molecule has 0 aromatic heterocycles. The molecule has 1 heterocycles. The second kappa shape index (κ2) is 6.57. The molecule has 0 fully saturated rings. The highest BCUT2D eigenvalue weighted by Gasteiger charge is 2.22. The number of fused-ring (bicyclic) bond motifs is 1. The van der Waals surface area contributed by atoms with E-state index in [4.69, 9.17) is 4.74 Å². The van der Waals surface area contributed by atoms with Gasteiger partial charge in [0.25, 0.3) is 0 Å². The van der Waals surface area contributed by atoms with Crippen LogP contribution in [0.3, 0.4) is 0 Å². The van der Waals surface area contributed by atoms with Crippen LogP contribution in [0.5, 0.6) is 5.75 Å². The Bertz CT molecular complexity index is 434. The van der Waals surface area contributed by atoms with Crippen LogP contribution >= 0.6 is 0 Å². The molecule has 1 amide bonds. The molecule has 1 aliphatic rings. The van der Waals surface area contributed by atoms with Gasteiger partial charge < -0.3 is 15.4 Å². The Morgan fingerprint density at radius 1 is 1.47 bits per heavy atom. The van der Waals surface area contributed by atoms with E-state index in [9.17, 15) is 4.79 Å². The molecule has 0 radical (unpaired) electrons. The third-order valence-corrected chi connectivity index (χ3v) is 3.46. The highest BCUT2D eigenvalue weighted by atomic mass is 16.5. The predicted molar refractivity (Wildman–Crippen MR) is 75.1 cm³/mol. The summed E-state index contributed by atoms with van der Waals surface area (Å²) in [4.78, 5) is 12.1. The number of hydrogen-bond donors (Lipinski definition) is 2. The van der Waals surface area contributed by atoms with Gasteiger partial charge in [0.1, 0.15) is 5.75 Å². The summed E-state index contributed by atoms with van der Waals surface area (Å²) in [5, 5.41) is 6.17. The highest BCUT2D eigenvalue weighted by Crippen LogP contribution is 2.31. The van der Waals surface area contributed by atoms with Crippen LogP contribution in [-0.2, 0) is 4.79 Å². The van der Waals surface area contributed by atoms with Crippen molar-refractivity contribution in [3.05, 3.63) is 29.8 Å². The fourth-order valence-electron chi connectivity index (χ4n) is 2.39. The monoisotopic (exact) mass is 262 g/mol. The summed E-state index contributed by atoms with van der Waals surface area (Å²) in [5.41, 5.74) is 1.09.